The van der Waals surface area contributed by atoms with Gasteiger partial charge in [-0.3, -0.25) is 4.90 Å². The molecular formula is C18H29N. The number of piperidine rings is 1. The molecule has 0 spiro atoms. The van der Waals surface area contributed by atoms with E-state index in [0.29, 0.717) is 6.04 Å². The number of hydrogen-bond acceptors (Lipinski definition) is 1. The number of likely N-dealkylation sites (tertiary alicyclic amines) is 1. The van der Waals surface area contributed by atoms with Crippen molar-refractivity contribution in [2.24, 2.45) is 11.8 Å². The van der Waals surface area contributed by atoms with Crippen LogP contribution in [0.15, 0.2) is 30.3 Å². The van der Waals surface area contributed by atoms with Crippen molar-refractivity contribution in [3.63, 3.8) is 0 Å². The predicted molar refractivity (Wildman–Crippen MR) is 83.2 cm³/mol. The maximum atomic E-state index is 2.70. The first-order chi connectivity index (χ1) is 8.89. The molecule has 1 heteroatoms. The van der Waals surface area contributed by atoms with Gasteiger partial charge in [-0.1, -0.05) is 44.2 Å². The molecule has 2 atom stereocenters. The second kappa shape index (κ2) is 5.66. The van der Waals surface area contributed by atoms with E-state index in [2.05, 4.69) is 69.9 Å². The van der Waals surface area contributed by atoms with Crippen LogP contribution in [-0.4, -0.2) is 17.0 Å². The maximum absolute atomic E-state index is 2.70. The van der Waals surface area contributed by atoms with Crippen molar-refractivity contribution < 1.29 is 0 Å². The van der Waals surface area contributed by atoms with E-state index in [-0.39, 0.29) is 5.54 Å². The smallest absolute Gasteiger partial charge is 0.0356 e. The average Bonchev–Trinajstić information content (AvgIpc) is 2.38. The molecule has 1 heterocycles. The van der Waals surface area contributed by atoms with Crippen LogP contribution in [0.2, 0.25) is 0 Å². The average molecular weight is 259 g/mol. The van der Waals surface area contributed by atoms with E-state index in [1.54, 1.807) is 0 Å². The number of nitrogens with zero attached hydrogens (tertiary/aromatic N) is 1. The Hall–Kier alpha value is -0.820. The van der Waals surface area contributed by atoms with E-state index in [1.807, 2.05) is 0 Å². The molecule has 1 fully saturated rings. The lowest BCUT2D eigenvalue weighted by atomic mass is 9.79. The molecule has 1 aliphatic heterocycles. The molecule has 1 aromatic carbocycles. The SMILES string of the molecule is CC(C)[C@H]1CCN(C(C)(C)C)[C@@H](c2ccccc2)C1. The Kier molecular flexibility index (Phi) is 4.35. The molecule has 0 aliphatic carbocycles. The van der Waals surface area contributed by atoms with Gasteiger partial charge in [0.25, 0.3) is 0 Å². The molecule has 0 radical (unpaired) electrons. The van der Waals surface area contributed by atoms with Crippen molar-refractivity contribution in [2.75, 3.05) is 6.54 Å². The summed E-state index contributed by atoms with van der Waals surface area (Å²) >= 11 is 0. The molecule has 0 amide bonds. The highest BCUT2D eigenvalue weighted by Gasteiger charge is 2.36. The van der Waals surface area contributed by atoms with Gasteiger partial charge in [0.05, 0.1) is 0 Å². The lowest BCUT2D eigenvalue weighted by molar-refractivity contribution is 0.0190. The van der Waals surface area contributed by atoms with Crippen molar-refractivity contribution in [1.29, 1.82) is 0 Å². The van der Waals surface area contributed by atoms with Gasteiger partial charge < -0.3 is 0 Å². The summed E-state index contributed by atoms with van der Waals surface area (Å²) in [5.41, 5.74) is 1.74. The standard InChI is InChI=1S/C18H29N/c1-14(2)16-11-12-19(18(3,4)5)17(13-16)15-9-7-6-8-10-15/h6-10,14,16-17H,11-13H2,1-5H3/t16-,17+/m0/s1. The summed E-state index contributed by atoms with van der Waals surface area (Å²) in [7, 11) is 0. The summed E-state index contributed by atoms with van der Waals surface area (Å²) in [5.74, 6) is 1.66. The fraction of sp³-hybridized carbons (Fsp3) is 0.667. The van der Waals surface area contributed by atoms with Gasteiger partial charge in [0.2, 0.25) is 0 Å². The minimum atomic E-state index is 0.252. The van der Waals surface area contributed by atoms with E-state index in [1.165, 1.54) is 24.9 Å². The zero-order chi connectivity index (χ0) is 14.0. The Morgan fingerprint density at radius 2 is 1.74 bits per heavy atom. The van der Waals surface area contributed by atoms with Gasteiger partial charge in [0.1, 0.15) is 0 Å². The molecule has 0 N–H and O–H groups in total. The van der Waals surface area contributed by atoms with Gasteiger partial charge in [-0.05, 0) is 57.6 Å². The van der Waals surface area contributed by atoms with Crippen molar-refractivity contribution in [2.45, 2.75) is 59.0 Å². The Bertz CT molecular complexity index is 388. The highest BCUT2D eigenvalue weighted by Crippen LogP contribution is 2.40. The largest absolute Gasteiger partial charge is 0.291 e. The van der Waals surface area contributed by atoms with E-state index < -0.39 is 0 Å². The van der Waals surface area contributed by atoms with Crippen molar-refractivity contribution in [3.05, 3.63) is 35.9 Å². The van der Waals surface area contributed by atoms with Crippen LogP contribution in [0.25, 0.3) is 0 Å². The molecule has 19 heavy (non-hydrogen) atoms. The first kappa shape index (κ1) is 14.6. The van der Waals surface area contributed by atoms with Crippen LogP contribution in [0.5, 0.6) is 0 Å². The summed E-state index contributed by atoms with van der Waals surface area (Å²) in [4.78, 5) is 2.70. The van der Waals surface area contributed by atoms with Gasteiger partial charge in [0.15, 0.2) is 0 Å². The third-order valence-corrected chi connectivity index (χ3v) is 4.63. The van der Waals surface area contributed by atoms with Gasteiger partial charge in [-0.2, -0.15) is 0 Å². The Morgan fingerprint density at radius 1 is 1.11 bits per heavy atom. The Labute approximate surface area is 119 Å². The lowest BCUT2D eigenvalue weighted by Crippen LogP contribution is -2.48. The highest BCUT2D eigenvalue weighted by molar-refractivity contribution is 5.20. The first-order valence-corrected chi connectivity index (χ1v) is 7.71. The van der Waals surface area contributed by atoms with Crippen LogP contribution in [0, 0.1) is 11.8 Å². The zero-order valence-electron chi connectivity index (χ0n) is 13.2. The van der Waals surface area contributed by atoms with E-state index >= 15 is 0 Å². The fourth-order valence-corrected chi connectivity index (χ4v) is 3.39. The Balaban J connectivity index is 2.26. The third kappa shape index (κ3) is 3.39. The minimum absolute atomic E-state index is 0.252. The van der Waals surface area contributed by atoms with E-state index in [0.717, 1.165) is 11.8 Å². The third-order valence-electron chi connectivity index (χ3n) is 4.63. The highest BCUT2D eigenvalue weighted by atomic mass is 15.2. The predicted octanol–water partition coefficient (Wildman–Crippen LogP) is 4.89. The van der Waals surface area contributed by atoms with Gasteiger partial charge >= 0.3 is 0 Å². The summed E-state index contributed by atoms with van der Waals surface area (Å²) in [5, 5.41) is 0. The van der Waals surface area contributed by atoms with E-state index in [4.69, 9.17) is 0 Å². The molecule has 106 valence electrons. The molecule has 0 saturated carbocycles. The van der Waals surface area contributed by atoms with Gasteiger partial charge in [0, 0.05) is 11.6 Å². The zero-order valence-corrected chi connectivity index (χ0v) is 13.2. The van der Waals surface area contributed by atoms with Gasteiger partial charge in [-0.15, -0.1) is 0 Å². The van der Waals surface area contributed by atoms with Crippen molar-refractivity contribution in [3.8, 4) is 0 Å². The van der Waals surface area contributed by atoms with Crippen molar-refractivity contribution >= 4 is 0 Å². The topological polar surface area (TPSA) is 3.24 Å². The normalized spacial score (nSPS) is 25.8. The van der Waals surface area contributed by atoms with E-state index in [9.17, 15) is 0 Å². The fourth-order valence-electron chi connectivity index (χ4n) is 3.39. The molecule has 0 unspecified atom stereocenters. The molecular weight excluding hydrogens is 230 g/mol. The molecule has 0 aromatic heterocycles. The van der Waals surface area contributed by atoms with Crippen LogP contribution in [0.4, 0.5) is 0 Å². The quantitative estimate of drug-likeness (QED) is 0.730. The van der Waals surface area contributed by atoms with Crippen molar-refractivity contribution in [1.82, 2.24) is 4.90 Å². The van der Waals surface area contributed by atoms with Gasteiger partial charge in [-0.25, -0.2) is 0 Å². The minimum Gasteiger partial charge on any atom is -0.291 e. The molecule has 1 saturated heterocycles. The van der Waals surface area contributed by atoms with Crippen LogP contribution in [-0.2, 0) is 0 Å². The van der Waals surface area contributed by atoms with Crippen LogP contribution in [0.3, 0.4) is 0 Å². The molecule has 2 rings (SSSR count). The second-order valence-corrected chi connectivity index (χ2v) is 7.32. The summed E-state index contributed by atoms with van der Waals surface area (Å²) < 4.78 is 0. The molecule has 0 bridgehead atoms. The van der Waals surface area contributed by atoms with Crippen LogP contribution < -0.4 is 0 Å². The maximum Gasteiger partial charge on any atom is 0.0356 e. The number of benzene rings is 1. The molecule has 1 aromatic rings. The summed E-state index contributed by atoms with van der Waals surface area (Å²) in [6.07, 6.45) is 2.65. The number of rotatable bonds is 2. The first-order valence-electron chi connectivity index (χ1n) is 7.71. The summed E-state index contributed by atoms with van der Waals surface area (Å²) in [6.45, 7) is 13.0. The lowest BCUT2D eigenvalue weighted by Gasteiger charge is -2.48. The number of hydrogen-bond donors (Lipinski definition) is 0. The van der Waals surface area contributed by atoms with Crippen LogP contribution in [0.1, 0.15) is 59.1 Å². The monoisotopic (exact) mass is 259 g/mol. The molecule has 1 aliphatic rings. The van der Waals surface area contributed by atoms with Crippen LogP contribution >= 0.6 is 0 Å². The molecule has 1 nitrogen and oxygen atoms in total. The Morgan fingerprint density at radius 3 is 2.26 bits per heavy atom. The summed E-state index contributed by atoms with van der Waals surface area (Å²) in [6, 6.07) is 11.7. The second-order valence-electron chi connectivity index (χ2n) is 7.32.